The van der Waals surface area contributed by atoms with Gasteiger partial charge in [-0.05, 0) is 43.9 Å². The summed E-state index contributed by atoms with van der Waals surface area (Å²) in [6, 6.07) is 1.31. The number of hydrogen-bond acceptors (Lipinski definition) is 2. The SMILES string of the molecule is CC(C)COCC(C)NC1CC2CCC1C2. The van der Waals surface area contributed by atoms with E-state index in [-0.39, 0.29) is 0 Å². The Labute approximate surface area is 100 Å². The van der Waals surface area contributed by atoms with Gasteiger partial charge in [0.2, 0.25) is 0 Å². The molecule has 4 unspecified atom stereocenters. The summed E-state index contributed by atoms with van der Waals surface area (Å²) in [6.45, 7) is 8.42. The zero-order chi connectivity index (χ0) is 11.5. The van der Waals surface area contributed by atoms with E-state index >= 15 is 0 Å². The highest BCUT2D eigenvalue weighted by Crippen LogP contribution is 2.44. The van der Waals surface area contributed by atoms with E-state index in [2.05, 4.69) is 26.1 Å². The first-order valence-corrected chi connectivity index (χ1v) is 6.99. The lowest BCUT2D eigenvalue weighted by atomic mass is 9.95. The Balaban J connectivity index is 1.62. The molecule has 2 nitrogen and oxygen atoms in total. The van der Waals surface area contributed by atoms with Crippen molar-refractivity contribution in [2.75, 3.05) is 13.2 Å². The maximum absolute atomic E-state index is 5.68. The molecule has 2 heteroatoms. The van der Waals surface area contributed by atoms with Crippen LogP contribution in [0.25, 0.3) is 0 Å². The van der Waals surface area contributed by atoms with Crippen molar-refractivity contribution in [1.82, 2.24) is 5.32 Å². The van der Waals surface area contributed by atoms with Gasteiger partial charge in [-0.3, -0.25) is 0 Å². The van der Waals surface area contributed by atoms with Crippen molar-refractivity contribution >= 4 is 0 Å². The fraction of sp³-hybridized carbons (Fsp3) is 1.00. The Morgan fingerprint density at radius 3 is 2.50 bits per heavy atom. The minimum absolute atomic E-state index is 0.517. The smallest absolute Gasteiger partial charge is 0.0617 e. The summed E-state index contributed by atoms with van der Waals surface area (Å²) in [4.78, 5) is 0. The average Bonchev–Trinajstić information content (AvgIpc) is 2.78. The van der Waals surface area contributed by atoms with Crippen LogP contribution in [-0.4, -0.2) is 25.3 Å². The molecule has 0 saturated heterocycles. The quantitative estimate of drug-likeness (QED) is 0.750. The van der Waals surface area contributed by atoms with Crippen LogP contribution < -0.4 is 5.32 Å². The predicted molar refractivity (Wildman–Crippen MR) is 67.5 cm³/mol. The first-order chi connectivity index (χ1) is 7.65. The van der Waals surface area contributed by atoms with Gasteiger partial charge < -0.3 is 10.1 Å². The van der Waals surface area contributed by atoms with E-state index in [1.165, 1.54) is 25.7 Å². The van der Waals surface area contributed by atoms with Crippen molar-refractivity contribution in [2.24, 2.45) is 17.8 Å². The van der Waals surface area contributed by atoms with Gasteiger partial charge in [-0.1, -0.05) is 20.3 Å². The normalized spacial score (nSPS) is 34.9. The molecular formula is C14H27NO. The minimum Gasteiger partial charge on any atom is -0.380 e. The lowest BCUT2D eigenvalue weighted by Crippen LogP contribution is -2.42. The number of nitrogens with one attached hydrogen (secondary N) is 1. The fourth-order valence-electron chi connectivity index (χ4n) is 3.34. The molecule has 2 rings (SSSR count). The molecule has 0 radical (unpaired) electrons. The molecule has 2 saturated carbocycles. The average molecular weight is 225 g/mol. The summed E-state index contributed by atoms with van der Waals surface area (Å²) < 4.78 is 5.68. The first-order valence-electron chi connectivity index (χ1n) is 6.99. The largest absolute Gasteiger partial charge is 0.380 e. The van der Waals surface area contributed by atoms with Crippen molar-refractivity contribution < 1.29 is 4.74 Å². The van der Waals surface area contributed by atoms with E-state index < -0.39 is 0 Å². The summed E-state index contributed by atoms with van der Waals surface area (Å²) in [5, 5.41) is 3.76. The number of fused-ring (bicyclic) bond motifs is 2. The molecule has 94 valence electrons. The van der Waals surface area contributed by atoms with E-state index in [0.717, 1.165) is 31.1 Å². The van der Waals surface area contributed by atoms with Gasteiger partial charge in [0.05, 0.1) is 6.61 Å². The van der Waals surface area contributed by atoms with Crippen molar-refractivity contribution in [3.63, 3.8) is 0 Å². The lowest BCUT2D eigenvalue weighted by Gasteiger charge is -2.26. The van der Waals surface area contributed by atoms with Crippen LogP contribution in [0, 0.1) is 17.8 Å². The van der Waals surface area contributed by atoms with E-state index in [4.69, 9.17) is 4.74 Å². The van der Waals surface area contributed by atoms with Gasteiger partial charge in [-0.2, -0.15) is 0 Å². The Kier molecular flexibility index (Phi) is 4.26. The Bertz CT molecular complexity index is 217. The fourth-order valence-corrected chi connectivity index (χ4v) is 3.34. The second-order valence-electron chi connectivity index (χ2n) is 6.28. The minimum atomic E-state index is 0.517. The molecule has 2 bridgehead atoms. The molecule has 1 N–H and O–H groups in total. The van der Waals surface area contributed by atoms with Gasteiger partial charge in [-0.25, -0.2) is 0 Å². The summed E-state index contributed by atoms with van der Waals surface area (Å²) in [5.41, 5.74) is 0. The molecule has 0 aromatic carbocycles. The Hall–Kier alpha value is -0.0800. The van der Waals surface area contributed by atoms with Crippen LogP contribution in [0.3, 0.4) is 0 Å². The molecule has 0 aromatic rings. The summed E-state index contributed by atoms with van der Waals surface area (Å²) in [6.07, 6.45) is 5.85. The van der Waals surface area contributed by atoms with Crippen molar-refractivity contribution in [3.8, 4) is 0 Å². The summed E-state index contributed by atoms with van der Waals surface area (Å²) >= 11 is 0. The zero-order valence-electron chi connectivity index (χ0n) is 11.0. The Morgan fingerprint density at radius 2 is 1.94 bits per heavy atom. The topological polar surface area (TPSA) is 21.3 Å². The van der Waals surface area contributed by atoms with E-state index in [1.54, 1.807) is 0 Å². The van der Waals surface area contributed by atoms with Crippen LogP contribution in [0.2, 0.25) is 0 Å². The lowest BCUT2D eigenvalue weighted by molar-refractivity contribution is 0.0885. The van der Waals surface area contributed by atoms with Gasteiger partial charge in [0.1, 0.15) is 0 Å². The molecule has 4 atom stereocenters. The molecule has 0 spiro atoms. The highest BCUT2D eigenvalue weighted by molar-refractivity contribution is 4.94. The third-order valence-electron chi connectivity index (χ3n) is 4.06. The van der Waals surface area contributed by atoms with E-state index in [0.29, 0.717) is 12.0 Å². The maximum Gasteiger partial charge on any atom is 0.0617 e. The molecular weight excluding hydrogens is 198 g/mol. The van der Waals surface area contributed by atoms with Gasteiger partial charge in [0.25, 0.3) is 0 Å². The Morgan fingerprint density at radius 1 is 1.12 bits per heavy atom. The molecule has 0 heterocycles. The number of ether oxygens (including phenoxy) is 1. The molecule has 0 aromatic heterocycles. The third kappa shape index (κ3) is 3.21. The van der Waals surface area contributed by atoms with Crippen LogP contribution in [-0.2, 0) is 4.74 Å². The highest BCUT2D eigenvalue weighted by Gasteiger charge is 2.39. The molecule has 2 aliphatic carbocycles. The van der Waals surface area contributed by atoms with Gasteiger partial charge in [0, 0.05) is 18.7 Å². The third-order valence-corrected chi connectivity index (χ3v) is 4.06. The number of rotatable bonds is 6. The standard InChI is InChI=1S/C14H27NO/c1-10(2)8-16-9-11(3)15-14-7-12-4-5-13(14)6-12/h10-15H,4-9H2,1-3H3. The molecule has 0 aliphatic heterocycles. The highest BCUT2D eigenvalue weighted by atomic mass is 16.5. The van der Waals surface area contributed by atoms with Crippen LogP contribution in [0.5, 0.6) is 0 Å². The second-order valence-corrected chi connectivity index (χ2v) is 6.28. The van der Waals surface area contributed by atoms with Crippen molar-refractivity contribution in [1.29, 1.82) is 0 Å². The first kappa shape index (κ1) is 12.4. The molecule has 2 aliphatic rings. The van der Waals surface area contributed by atoms with E-state index in [9.17, 15) is 0 Å². The van der Waals surface area contributed by atoms with Gasteiger partial charge >= 0.3 is 0 Å². The summed E-state index contributed by atoms with van der Waals surface area (Å²) in [7, 11) is 0. The molecule has 2 fully saturated rings. The van der Waals surface area contributed by atoms with Crippen LogP contribution in [0.1, 0.15) is 46.5 Å². The van der Waals surface area contributed by atoms with Gasteiger partial charge in [-0.15, -0.1) is 0 Å². The second kappa shape index (κ2) is 5.50. The molecule has 16 heavy (non-hydrogen) atoms. The monoisotopic (exact) mass is 225 g/mol. The van der Waals surface area contributed by atoms with Crippen LogP contribution >= 0.6 is 0 Å². The number of hydrogen-bond donors (Lipinski definition) is 1. The van der Waals surface area contributed by atoms with Crippen molar-refractivity contribution in [3.05, 3.63) is 0 Å². The molecule has 0 amide bonds. The maximum atomic E-state index is 5.68. The predicted octanol–water partition coefficient (Wildman–Crippen LogP) is 2.83. The van der Waals surface area contributed by atoms with Crippen LogP contribution in [0.4, 0.5) is 0 Å². The van der Waals surface area contributed by atoms with E-state index in [1.807, 2.05) is 0 Å². The summed E-state index contributed by atoms with van der Waals surface area (Å²) in [5.74, 6) is 2.65. The van der Waals surface area contributed by atoms with Gasteiger partial charge in [0.15, 0.2) is 0 Å². The van der Waals surface area contributed by atoms with Crippen LogP contribution in [0.15, 0.2) is 0 Å². The zero-order valence-corrected chi connectivity index (χ0v) is 11.0. The van der Waals surface area contributed by atoms with Crippen molar-refractivity contribution in [2.45, 2.75) is 58.5 Å².